The molecule has 1 fully saturated rings. The Hall–Kier alpha value is -2.20. The molecule has 1 unspecified atom stereocenters. The number of hydrogen-bond donors (Lipinski definition) is 0. The van der Waals surface area contributed by atoms with Crippen LogP contribution < -0.4 is 4.74 Å². The Balaban J connectivity index is 1.79. The molecule has 0 bridgehead atoms. The average Bonchev–Trinajstić information content (AvgIpc) is 2.62. The van der Waals surface area contributed by atoms with Crippen molar-refractivity contribution in [2.24, 2.45) is 0 Å². The van der Waals surface area contributed by atoms with Crippen LogP contribution in [0.4, 0.5) is 13.2 Å². The van der Waals surface area contributed by atoms with Crippen LogP contribution in [-0.2, 0) is 16.2 Å². The molecule has 1 aromatic carbocycles. The summed E-state index contributed by atoms with van der Waals surface area (Å²) in [4.78, 5) is 7.48. The molecule has 1 aliphatic heterocycles. The van der Waals surface area contributed by atoms with E-state index in [2.05, 4.69) is 9.97 Å². The van der Waals surface area contributed by atoms with Crippen molar-refractivity contribution in [2.45, 2.75) is 30.0 Å². The van der Waals surface area contributed by atoms with Gasteiger partial charge in [-0.2, -0.15) is 17.5 Å². The van der Waals surface area contributed by atoms with E-state index in [0.717, 1.165) is 22.5 Å². The first kappa shape index (κ1) is 18.6. The average molecular weight is 387 g/mol. The molecule has 0 aliphatic carbocycles. The number of piperidine rings is 1. The van der Waals surface area contributed by atoms with Crippen LogP contribution >= 0.6 is 0 Å². The fourth-order valence-corrected chi connectivity index (χ4v) is 4.25. The molecule has 2 aromatic rings. The van der Waals surface area contributed by atoms with Crippen molar-refractivity contribution < 1.29 is 26.3 Å². The van der Waals surface area contributed by atoms with Crippen molar-refractivity contribution in [2.75, 3.05) is 13.1 Å². The molecular weight excluding hydrogens is 371 g/mol. The van der Waals surface area contributed by atoms with Crippen molar-refractivity contribution in [1.82, 2.24) is 14.3 Å². The normalized spacial score (nSPS) is 19.3. The third kappa shape index (κ3) is 4.13. The molecule has 6 nitrogen and oxygen atoms in total. The summed E-state index contributed by atoms with van der Waals surface area (Å²) in [5, 5.41) is 0. The molecule has 1 aromatic heterocycles. The van der Waals surface area contributed by atoms with E-state index in [-0.39, 0.29) is 24.0 Å². The summed E-state index contributed by atoms with van der Waals surface area (Å²) in [5.41, 5.74) is -0.999. The summed E-state index contributed by atoms with van der Waals surface area (Å²) in [7, 11) is -4.06. The summed E-state index contributed by atoms with van der Waals surface area (Å²) in [5.74, 6) is 0. The number of aromatic nitrogens is 2. The van der Waals surface area contributed by atoms with E-state index >= 15 is 0 Å². The van der Waals surface area contributed by atoms with Crippen molar-refractivity contribution in [3.8, 4) is 6.01 Å². The van der Waals surface area contributed by atoms with Gasteiger partial charge in [-0.1, -0.05) is 6.07 Å². The number of alkyl halides is 3. The molecular formula is C16H16F3N3O3S. The summed E-state index contributed by atoms with van der Waals surface area (Å²) < 4.78 is 70.8. The van der Waals surface area contributed by atoms with Crippen LogP contribution in [0.2, 0.25) is 0 Å². The van der Waals surface area contributed by atoms with E-state index in [0.29, 0.717) is 18.9 Å². The van der Waals surface area contributed by atoms with E-state index in [1.807, 2.05) is 0 Å². The number of sulfonamides is 1. The molecule has 140 valence electrons. The minimum absolute atomic E-state index is 0.0246. The van der Waals surface area contributed by atoms with Gasteiger partial charge in [0.15, 0.2) is 0 Å². The quantitative estimate of drug-likeness (QED) is 0.807. The third-order valence-corrected chi connectivity index (χ3v) is 5.82. The smallest absolute Gasteiger partial charge is 0.416 e. The molecule has 1 aliphatic rings. The first-order valence-corrected chi connectivity index (χ1v) is 9.32. The van der Waals surface area contributed by atoms with E-state index in [9.17, 15) is 21.6 Å². The van der Waals surface area contributed by atoms with Gasteiger partial charge in [0, 0.05) is 18.9 Å². The number of halogens is 3. The monoisotopic (exact) mass is 387 g/mol. The van der Waals surface area contributed by atoms with E-state index in [4.69, 9.17) is 4.74 Å². The second-order valence-corrected chi connectivity index (χ2v) is 7.74. The zero-order valence-corrected chi connectivity index (χ0v) is 14.4. The van der Waals surface area contributed by atoms with Crippen molar-refractivity contribution in [3.63, 3.8) is 0 Å². The Morgan fingerprint density at radius 3 is 2.58 bits per heavy atom. The van der Waals surface area contributed by atoms with Crippen molar-refractivity contribution in [3.05, 3.63) is 48.3 Å². The van der Waals surface area contributed by atoms with Crippen LogP contribution in [0.1, 0.15) is 18.4 Å². The Labute approximate surface area is 148 Å². The van der Waals surface area contributed by atoms with Gasteiger partial charge in [-0.15, -0.1) is 0 Å². The Morgan fingerprint density at radius 2 is 1.88 bits per heavy atom. The van der Waals surface area contributed by atoms with E-state index in [1.165, 1.54) is 12.4 Å². The molecule has 0 saturated carbocycles. The largest absolute Gasteiger partial charge is 0.459 e. The number of benzene rings is 1. The summed E-state index contributed by atoms with van der Waals surface area (Å²) in [6.45, 7) is 0.241. The van der Waals surface area contributed by atoms with Gasteiger partial charge < -0.3 is 4.74 Å². The topological polar surface area (TPSA) is 72.4 Å². The van der Waals surface area contributed by atoms with Crippen molar-refractivity contribution >= 4 is 10.0 Å². The lowest BCUT2D eigenvalue weighted by Gasteiger charge is -2.31. The third-order valence-electron chi connectivity index (χ3n) is 3.95. The molecule has 0 N–H and O–H groups in total. The van der Waals surface area contributed by atoms with Gasteiger partial charge in [0.1, 0.15) is 6.10 Å². The molecule has 2 heterocycles. The highest BCUT2D eigenvalue weighted by Crippen LogP contribution is 2.31. The zero-order chi connectivity index (χ0) is 18.8. The summed E-state index contributed by atoms with van der Waals surface area (Å²) in [6, 6.07) is 5.50. The highest BCUT2D eigenvalue weighted by atomic mass is 32.2. The second kappa shape index (κ2) is 7.20. The molecule has 1 saturated heterocycles. The molecule has 1 atom stereocenters. The molecule has 26 heavy (non-hydrogen) atoms. The van der Waals surface area contributed by atoms with Crippen LogP contribution in [0.25, 0.3) is 0 Å². The summed E-state index contributed by atoms with van der Waals surface area (Å²) >= 11 is 0. The SMILES string of the molecule is O=S(=O)(c1cccc(C(F)(F)F)c1)N1CCCC(Oc2ncccn2)C1. The Kier molecular flexibility index (Phi) is 5.15. The van der Waals surface area contributed by atoms with Gasteiger partial charge in [0.05, 0.1) is 17.0 Å². The van der Waals surface area contributed by atoms with Gasteiger partial charge >= 0.3 is 12.2 Å². The van der Waals surface area contributed by atoms with Crippen LogP contribution in [0.3, 0.4) is 0 Å². The van der Waals surface area contributed by atoms with Gasteiger partial charge in [0.2, 0.25) is 10.0 Å². The number of ether oxygens (including phenoxy) is 1. The fourth-order valence-electron chi connectivity index (χ4n) is 2.70. The van der Waals surface area contributed by atoms with Gasteiger partial charge in [0.25, 0.3) is 0 Å². The lowest BCUT2D eigenvalue weighted by molar-refractivity contribution is -0.137. The predicted molar refractivity (Wildman–Crippen MR) is 85.9 cm³/mol. The van der Waals surface area contributed by atoms with Crippen molar-refractivity contribution in [1.29, 1.82) is 0 Å². The van der Waals surface area contributed by atoms with Crippen LogP contribution in [0.5, 0.6) is 6.01 Å². The molecule has 0 amide bonds. The standard InChI is InChI=1S/C16H16F3N3O3S/c17-16(18,19)12-4-1-6-14(10-12)26(23,24)22-9-2-5-13(11-22)25-15-20-7-3-8-21-15/h1,3-4,6-8,10,13H,2,5,9,11H2. The Bertz CT molecular complexity index is 860. The molecule has 0 spiro atoms. The molecule has 3 rings (SSSR count). The van der Waals surface area contributed by atoms with Crippen LogP contribution in [0, 0.1) is 0 Å². The summed E-state index contributed by atoms with van der Waals surface area (Å²) in [6.07, 6.45) is -0.941. The van der Waals surface area contributed by atoms with Gasteiger partial charge in [-0.05, 0) is 37.1 Å². The number of hydrogen-bond acceptors (Lipinski definition) is 5. The maximum Gasteiger partial charge on any atom is 0.416 e. The number of rotatable bonds is 4. The predicted octanol–water partition coefficient (Wildman–Crippen LogP) is 2.73. The van der Waals surface area contributed by atoms with Gasteiger partial charge in [-0.3, -0.25) is 0 Å². The molecule has 0 radical (unpaired) electrons. The maximum atomic E-state index is 12.9. The lowest BCUT2D eigenvalue weighted by Crippen LogP contribution is -2.44. The first-order chi connectivity index (χ1) is 12.3. The van der Waals surface area contributed by atoms with Gasteiger partial charge in [-0.25, -0.2) is 18.4 Å². The highest BCUT2D eigenvalue weighted by molar-refractivity contribution is 7.89. The number of nitrogens with zero attached hydrogens (tertiary/aromatic N) is 3. The minimum atomic E-state index is -4.61. The van der Waals surface area contributed by atoms with Crippen LogP contribution in [0.15, 0.2) is 47.6 Å². The molecule has 10 heteroatoms. The maximum absolute atomic E-state index is 12.9. The van der Waals surface area contributed by atoms with E-state index in [1.54, 1.807) is 6.07 Å². The second-order valence-electron chi connectivity index (χ2n) is 5.80. The highest BCUT2D eigenvalue weighted by Gasteiger charge is 2.35. The zero-order valence-electron chi connectivity index (χ0n) is 13.6. The van der Waals surface area contributed by atoms with Crippen LogP contribution in [-0.4, -0.2) is 41.9 Å². The fraction of sp³-hybridized carbons (Fsp3) is 0.375. The lowest BCUT2D eigenvalue weighted by atomic mass is 10.1. The minimum Gasteiger partial charge on any atom is -0.459 e. The van der Waals surface area contributed by atoms with E-state index < -0.39 is 27.9 Å². The first-order valence-electron chi connectivity index (χ1n) is 7.88. The Morgan fingerprint density at radius 1 is 1.15 bits per heavy atom.